The van der Waals surface area contributed by atoms with E-state index in [1.807, 2.05) is 38.1 Å². The van der Waals surface area contributed by atoms with E-state index >= 15 is 0 Å². The van der Waals surface area contributed by atoms with Gasteiger partial charge in [0.05, 0.1) is 30.4 Å². The topological polar surface area (TPSA) is 97.8 Å². The minimum absolute atomic E-state index is 0.0651. The molecule has 0 unspecified atom stereocenters. The van der Waals surface area contributed by atoms with Gasteiger partial charge in [0.15, 0.2) is 0 Å². The van der Waals surface area contributed by atoms with Gasteiger partial charge in [-0.3, -0.25) is 4.79 Å². The summed E-state index contributed by atoms with van der Waals surface area (Å²) in [5.74, 6) is 0.638. The van der Waals surface area contributed by atoms with Gasteiger partial charge in [-0.15, -0.1) is 11.8 Å². The minimum Gasteiger partial charge on any atom is -0.478 e. The first-order chi connectivity index (χ1) is 18.4. The third kappa shape index (κ3) is 8.07. The van der Waals surface area contributed by atoms with Crippen molar-refractivity contribution in [1.29, 1.82) is 0 Å². The molecule has 0 saturated heterocycles. The molecule has 1 heterocycles. The van der Waals surface area contributed by atoms with Crippen LogP contribution in [-0.4, -0.2) is 40.4 Å². The maximum absolute atomic E-state index is 12.6. The van der Waals surface area contributed by atoms with Gasteiger partial charge in [0, 0.05) is 22.9 Å². The molecule has 0 spiro atoms. The Morgan fingerprint density at radius 2 is 1.76 bits per heavy atom. The molecular weight excluding hydrogens is 500 g/mol. The number of hydrogen-bond acceptors (Lipinski definition) is 6. The summed E-state index contributed by atoms with van der Waals surface area (Å²) in [5.41, 5.74) is 2.81. The summed E-state index contributed by atoms with van der Waals surface area (Å²) in [4.78, 5) is 29.6. The standard InChI is InChI=1S/C30H34N2O5S/c1-20-16-26(30(34)35)27(17-21(20)2)32-28(33)18-22-8-13-29(31-19-22)37-24-9-11-25(12-10-24)38-15-14-36-23-6-4-3-5-7-23/h8-13,16-17,19,23H,3-7,14-15,18H2,1-2H3,(H,32,33)(H,34,35). The molecule has 0 aliphatic heterocycles. The number of ether oxygens (including phenoxy) is 2. The van der Waals surface area contributed by atoms with E-state index in [1.165, 1.54) is 32.1 Å². The Morgan fingerprint density at radius 3 is 2.45 bits per heavy atom. The van der Waals surface area contributed by atoms with Crippen LogP contribution in [0.3, 0.4) is 0 Å². The van der Waals surface area contributed by atoms with Crippen molar-refractivity contribution in [2.24, 2.45) is 0 Å². The number of hydrogen-bond donors (Lipinski definition) is 2. The zero-order chi connectivity index (χ0) is 26.9. The normalized spacial score (nSPS) is 13.7. The van der Waals surface area contributed by atoms with E-state index in [4.69, 9.17) is 9.47 Å². The highest BCUT2D eigenvalue weighted by Gasteiger charge is 2.15. The summed E-state index contributed by atoms with van der Waals surface area (Å²) in [6.07, 6.45) is 8.39. The van der Waals surface area contributed by atoms with Crippen LogP contribution in [0, 0.1) is 13.8 Å². The smallest absolute Gasteiger partial charge is 0.337 e. The van der Waals surface area contributed by atoms with Crippen molar-refractivity contribution < 1.29 is 24.2 Å². The van der Waals surface area contributed by atoms with E-state index in [0.29, 0.717) is 23.3 Å². The van der Waals surface area contributed by atoms with Crippen molar-refractivity contribution in [3.63, 3.8) is 0 Å². The molecule has 0 radical (unpaired) electrons. The maximum Gasteiger partial charge on any atom is 0.337 e. The summed E-state index contributed by atoms with van der Waals surface area (Å²) >= 11 is 1.77. The van der Waals surface area contributed by atoms with E-state index in [9.17, 15) is 14.7 Å². The summed E-state index contributed by atoms with van der Waals surface area (Å²) in [6, 6.07) is 14.6. The van der Waals surface area contributed by atoms with Crippen molar-refractivity contribution in [2.45, 2.75) is 63.4 Å². The molecule has 1 aliphatic carbocycles. The minimum atomic E-state index is -1.08. The molecule has 200 valence electrons. The molecule has 4 rings (SSSR count). The SMILES string of the molecule is Cc1cc(NC(=O)Cc2ccc(Oc3ccc(SCCOC4CCCCC4)cc3)nc2)c(C(=O)O)cc1C. The van der Waals surface area contributed by atoms with Gasteiger partial charge in [0.2, 0.25) is 11.8 Å². The fraction of sp³-hybridized carbons (Fsp3) is 0.367. The first-order valence-electron chi connectivity index (χ1n) is 13.0. The Balaban J connectivity index is 1.24. The Kier molecular flexibility index (Phi) is 9.79. The van der Waals surface area contributed by atoms with Gasteiger partial charge in [0.1, 0.15) is 5.75 Å². The molecule has 7 nitrogen and oxygen atoms in total. The van der Waals surface area contributed by atoms with Crippen molar-refractivity contribution in [2.75, 3.05) is 17.7 Å². The van der Waals surface area contributed by atoms with E-state index in [1.54, 1.807) is 42.2 Å². The Morgan fingerprint density at radius 1 is 1.03 bits per heavy atom. The Labute approximate surface area is 228 Å². The highest BCUT2D eigenvalue weighted by molar-refractivity contribution is 7.99. The number of nitrogens with zero attached hydrogens (tertiary/aromatic N) is 1. The second-order valence-corrected chi connectivity index (χ2v) is 10.7. The van der Waals surface area contributed by atoms with Crippen LogP contribution in [0.15, 0.2) is 59.6 Å². The molecule has 1 amide bonds. The zero-order valence-electron chi connectivity index (χ0n) is 21.9. The van der Waals surface area contributed by atoms with Gasteiger partial charge >= 0.3 is 5.97 Å². The number of carbonyl (C=O) groups is 2. The van der Waals surface area contributed by atoms with Crippen molar-refractivity contribution in [3.05, 3.63) is 77.0 Å². The van der Waals surface area contributed by atoms with Gasteiger partial charge in [0.25, 0.3) is 0 Å². The lowest BCUT2D eigenvalue weighted by Gasteiger charge is -2.21. The van der Waals surface area contributed by atoms with Gasteiger partial charge in [-0.05, 0) is 79.8 Å². The van der Waals surface area contributed by atoms with Crippen LogP contribution in [0.5, 0.6) is 11.6 Å². The number of benzene rings is 2. The largest absolute Gasteiger partial charge is 0.478 e. The van der Waals surface area contributed by atoms with E-state index in [-0.39, 0.29) is 23.6 Å². The lowest BCUT2D eigenvalue weighted by molar-refractivity contribution is -0.115. The third-order valence-corrected chi connectivity index (χ3v) is 7.58. The van der Waals surface area contributed by atoms with Crippen molar-refractivity contribution in [1.82, 2.24) is 4.98 Å². The van der Waals surface area contributed by atoms with E-state index in [0.717, 1.165) is 28.4 Å². The number of carboxylic acid groups (broad SMARTS) is 1. The fourth-order valence-electron chi connectivity index (χ4n) is 4.38. The second-order valence-electron chi connectivity index (χ2n) is 9.57. The number of amides is 1. The number of pyridine rings is 1. The molecule has 1 fully saturated rings. The van der Waals surface area contributed by atoms with Gasteiger partial charge in [-0.2, -0.15) is 0 Å². The second kappa shape index (κ2) is 13.4. The van der Waals surface area contributed by atoms with Gasteiger partial charge in [-0.25, -0.2) is 9.78 Å². The average molecular weight is 535 g/mol. The number of thioether (sulfide) groups is 1. The van der Waals surface area contributed by atoms with Crippen LogP contribution in [0.1, 0.15) is 59.2 Å². The number of aromatic nitrogens is 1. The zero-order valence-corrected chi connectivity index (χ0v) is 22.7. The van der Waals surface area contributed by atoms with Crippen LogP contribution in [0.4, 0.5) is 5.69 Å². The Hall–Kier alpha value is -3.36. The number of anilines is 1. The summed E-state index contributed by atoms with van der Waals surface area (Å²) in [6.45, 7) is 4.48. The third-order valence-electron chi connectivity index (χ3n) is 6.60. The van der Waals surface area contributed by atoms with Gasteiger partial charge in [-0.1, -0.05) is 25.3 Å². The first-order valence-corrected chi connectivity index (χ1v) is 14.0. The van der Waals surface area contributed by atoms with Crippen LogP contribution in [-0.2, 0) is 16.0 Å². The molecule has 2 aromatic carbocycles. The molecule has 1 saturated carbocycles. The van der Waals surface area contributed by atoms with Crippen molar-refractivity contribution in [3.8, 4) is 11.6 Å². The first kappa shape index (κ1) is 27.7. The van der Waals surface area contributed by atoms with E-state index in [2.05, 4.69) is 10.3 Å². The fourth-order valence-corrected chi connectivity index (χ4v) is 5.13. The number of aryl methyl sites for hydroxylation is 2. The predicted molar refractivity (Wildman–Crippen MR) is 150 cm³/mol. The maximum atomic E-state index is 12.6. The van der Waals surface area contributed by atoms with E-state index < -0.39 is 5.97 Å². The number of carbonyl (C=O) groups excluding carboxylic acids is 1. The quantitative estimate of drug-likeness (QED) is 0.206. The van der Waals surface area contributed by atoms with Crippen molar-refractivity contribution >= 4 is 29.3 Å². The molecular formula is C30H34N2O5S. The summed E-state index contributed by atoms with van der Waals surface area (Å²) in [7, 11) is 0. The number of nitrogens with one attached hydrogen (secondary N) is 1. The lowest BCUT2D eigenvalue weighted by Crippen LogP contribution is -2.17. The monoisotopic (exact) mass is 534 g/mol. The molecule has 3 aromatic rings. The summed E-state index contributed by atoms with van der Waals surface area (Å²) < 4.78 is 11.8. The molecule has 0 bridgehead atoms. The number of aromatic carboxylic acids is 1. The number of rotatable bonds is 11. The molecule has 38 heavy (non-hydrogen) atoms. The molecule has 0 atom stereocenters. The van der Waals surface area contributed by atoms with Crippen LogP contribution in [0.2, 0.25) is 0 Å². The van der Waals surface area contributed by atoms with Crippen LogP contribution < -0.4 is 10.1 Å². The Bertz CT molecular complexity index is 1240. The van der Waals surface area contributed by atoms with Crippen LogP contribution in [0.25, 0.3) is 0 Å². The lowest BCUT2D eigenvalue weighted by atomic mass is 9.98. The highest BCUT2D eigenvalue weighted by Crippen LogP contribution is 2.26. The van der Waals surface area contributed by atoms with Gasteiger partial charge < -0.3 is 19.9 Å². The molecule has 1 aromatic heterocycles. The summed E-state index contributed by atoms with van der Waals surface area (Å²) in [5, 5.41) is 12.2. The molecule has 8 heteroatoms. The number of carboxylic acids is 1. The molecule has 2 N–H and O–H groups in total. The molecule has 1 aliphatic rings. The predicted octanol–water partition coefficient (Wildman–Crippen LogP) is 6.81. The highest BCUT2D eigenvalue weighted by atomic mass is 32.2. The average Bonchev–Trinajstić information content (AvgIpc) is 2.91. The van der Waals surface area contributed by atoms with Crippen LogP contribution >= 0.6 is 11.8 Å².